The van der Waals surface area contributed by atoms with Gasteiger partial charge in [0, 0.05) is 0 Å². The van der Waals surface area contributed by atoms with E-state index in [1.54, 1.807) is 13.8 Å². The first kappa shape index (κ1) is 16.6. The van der Waals surface area contributed by atoms with E-state index in [-0.39, 0.29) is 21.3 Å². The fourth-order valence-electron chi connectivity index (χ4n) is 2.61. The second kappa shape index (κ2) is 5.44. The largest absolute Gasteiger partial charge is 0.481 e. The average molecular weight is 346 g/mol. The number of amides is 1. The lowest BCUT2D eigenvalue weighted by Gasteiger charge is -2.10. The Morgan fingerprint density at radius 1 is 1.09 bits per heavy atom. The molecule has 0 unspecified atom stereocenters. The van der Waals surface area contributed by atoms with Crippen molar-refractivity contribution in [3.8, 4) is 0 Å². The minimum absolute atomic E-state index is 0.0503. The molecule has 0 aliphatic heterocycles. The predicted molar refractivity (Wildman–Crippen MR) is 80.4 cm³/mol. The maximum Gasteiger partial charge on any atom is 0.337 e. The van der Waals surface area contributed by atoms with Crippen LogP contribution >= 0.6 is 23.2 Å². The number of carbonyl (C=O) groups is 3. The highest BCUT2D eigenvalue weighted by molar-refractivity contribution is 6.38. The molecule has 1 aromatic carbocycles. The number of nitrogens with one attached hydrogen (secondary N) is 1. The standard InChI is InChI=1S/C14H13Cl2NO5/c1-14(2)9(10(14)13(21)22)11(18)17-8-3-5(12(19)20)6(15)4-7(8)16/h3-4,9-10H,1-2H3,(H,17,18)(H,19,20)(H,21,22)/t9-,10+/m1/s1. The van der Waals surface area contributed by atoms with Gasteiger partial charge in [-0.2, -0.15) is 0 Å². The molecule has 1 fully saturated rings. The molecule has 0 spiro atoms. The third kappa shape index (κ3) is 2.76. The Hall–Kier alpha value is -1.79. The van der Waals surface area contributed by atoms with Gasteiger partial charge in [0.25, 0.3) is 0 Å². The smallest absolute Gasteiger partial charge is 0.337 e. The van der Waals surface area contributed by atoms with Crippen LogP contribution in [0, 0.1) is 17.3 Å². The van der Waals surface area contributed by atoms with E-state index >= 15 is 0 Å². The van der Waals surface area contributed by atoms with E-state index in [0.717, 1.165) is 6.07 Å². The number of hydrogen-bond acceptors (Lipinski definition) is 3. The summed E-state index contributed by atoms with van der Waals surface area (Å²) in [6, 6.07) is 2.37. The second-order valence-electron chi connectivity index (χ2n) is 5.72. The van der Waals surface area contributed by atoms with Crippen LogP contribution in [0.3, 0.4) is 0 Å². The summed E-state index contributed by atoms with van der Waals surface area (Å²) in [5.41, 5.74) is -0.781. The van der Waals surface area contributed by atoms with Gasteiger partial charge in [-0.15, -0.1) is 0 Å². The second-order valence-corrected chi connectivity index (χ2v) is 6.54. The Balaban J connectivity index is 2.25. The summed E-state index contributed by atoms with van der Waals surface area (Å²) >= 11 is 11.7. The number of carboxylic acid groups (broad SMARTS) is 2. The summed E-state index contributed by atoms with van der Waals surface area (Å²) in [5.74, 6) is -4.30. The van der Waals surface area contributed by atoms with Gasteiger partial charge in [0.1, 0.15) is 0 Å². The van der Waals surface area contributed by atoms with Gasteiger partial charge in [0.15, 0.2) is 0 Å². The molecule has 0 radical (unpaired) electrons. The number of rotatable bonds is 4. The number of halogens is 2. The molecule has 0 saturated heterocycles. The molecule has 1 amide bonds. The number of anilines is 1. The van der Waals surface area contributed by atoms with E-state index in [4.69, 9.17) is 33.4 Å². The van der Waals surface area contributed by atoms with Crippen molar-refractivity contribution in [2.75, 3.05) is 5.32 Å². The summed E-state index contributed by atoms with van der Waals surface area (Å²) in [6.45, 7) is 3.37. The van der Waals surface area contributed by atoms with Crippen LogP contribution in [-0.4, -0.2) is 28.1 Å². The van der Waals surface area contributed by atoms with Crippen molar-refractivity contribution in [1.29, 1.82) is 0 Å². The van der Waals surface area contributed by atoms with Crippen LogP contribution in [0.5, 0.6) is 0 Å². The summed E-state index contributed by atoms with van der Waals surface area (Å²) < 4.78 is 0. The van der Waals surface area contributed by atoms with Crippen LogP contribution in [0.2, 0.25) is 10.0 Å². The highest BCUT2D eigenvalue weighted by Gasteiger charge is 2.65. The van der Waals surface area contributed by atoms with Crippen LogP contribution in [0.15, 0.2) is 12.1 Å². The lowest BCUT2D eigenvalue weighted by atomic mass is 10.1. The molecule has 2 rings (SSSR count). The van der Waals surface area contributed by atoms with Gasteiger partial charge in [-0.1, -0.05) is 37.0 Å². The molecule has 8 heteroatoms. The SMILES string of the molecule is CC1(C)[C@H](C(=O)O)[C@@H]1C(=O)Nc1cc(C(=O)O)c(Cl)cc1Cl. The fourth-order valence-corrected chi connectivity index (χ4v) is 3.12. The highest BCUT2D eigenvalue weighted by atomic mass is 35.5. The zero-order chi connectivity index (χ0) is 16.8. The summed E-state index contributed by atoms with van der Waals surface area (Å²) in [7, 11) is 0. The first-order valence-electron chi connectivity index (χ1n) is 6.33. The van der Waals surface area contributed by atoms with E-state index in [1.807, 2.05) is 0 Å². The van der Waals surface area contributed by atoms with E-state index < -0.39 is 35.1 Å². The van der Waals surface area contributed by atoms with Gasteiger partial charge in [-0.05, 0) is 17.5 Å². The van der Waals surface area contributed by atoms with Gasteiger partial charge in [0.05, 0.1) is 33.1 Å². The molecule has 0 bridgehead atoms. The summed E-state index contributed by atoms with van der Waals surface area (Å²) in [6.07, 6.45) is 0. The Labute approximate surface area is 136 Å². The van der Waals surface area contributed by atoms with Crippen LogP contribution in [0.25, 0.3) is 0 Å². The molecule has 2 atom stereocenters. The number of benzene rings is 1. The molecule has 1 aromatic rings. The summed E-state index contributed by atoms with van der Waals surface area (Å²) in [4.78, 5) is 34.4. The Kier molecular flexibility index (Phi) is 4.10. The van der Waals surface area contributed by atoms with Gasteiger partial charge in [0.2, 0.25) is 5.91 Å². The third-order valence-corrected chi connectivity index (χ3v) is 4.55. The zero-order valence-electron chi connectivity index (χ0n) is 11.7. The molecule has 1 saturated carbocycles. The van der Waals surface area contributed by atoms with E-state index in [1.165, 1.54) is 6.07 Å². The maximum atomic E-state index is 12.2. The zero-order valence-corrected chi connectivity index (χ0v) is 13.2. The molecule has 118 valence electrons. The van der Waals surface area contributed by atoms with Crippen molar-refractivity contribution in [3.05, 3.63) is 27.7 Å². The Morgan fingerprint density at radius 2 is 1.68 bits per heavy atom. The normalized spacial score (nSPS) is 22.0. The van der Waals surface area contributed by atoms with Crippen LogP contribution < -0.4 is 5.32 Å². The topological polar surface area (TPSA) is 104 Å². The van der Waals surface area contributed by atoms with Crippen molar-refractivity contribution >= 4 is 46.7 Å². The molecular weight excluding hydrogens is 333 g/mol. The fraction of sp³-hybridized carbons (Fsp3) is 0.357. The molecule has 6 nitrogen and oxygen atoms in total. The summed E-state index contributed by atoms with van der Waals surface area (Å²) in [5, 5.41) is 20.6. The highest BCUT2D eigenvalue weighted by Crippen LogP contribution is 2.58. The predicted octanol–water partition coefficient (Wildman–Crippen LogP) is 2.99. The number of aromatic carboxylic acids is 1. The van der Waals surface area contributed by atoms with Crippen molar-refractivity contribution in [1.82, 2.24) is 0 Å². The number of aliphatic carboxylic acids is 1. The minimum Gasteiger partial charge on any atom is -0.481 e. The van der Waals surface area contributed by atoms with Crippen LogP contribution in [0.1, 0.15) is 24.2 Å². The number of hydrogen-bond donors (Lipinski definition) is 3. The van der Waals surface area contributed by atoms with Gasteiger partial charge in [-0.3, -0.25) is 9.59 Å². The molecule has 22 heavy (non-hydrogen) atoms. The van der Waals surface area contributed by atoms with Gasteiger partial charge >= 0.3 is 11.9 Å². The van der Waals surface area contributed by atoms with E-state index in [9.17, 15) is 14.4 Å². The molecule has 0 heterocycles. The first-order valence-corrected chi connectivity index (χ1v) is 7.09. The van der Waals surface area contributed by atoms with Crippen molar-refractivity contribution in [2.45, 2.75) is 13.8 Å². The van der Waals surface area contributed by atoms with Crippen molar-refractivity contribution < 1.29 is 24.6 Å². The van der Waals surface area contributed by atoms with Crippen LogP contribution in [0.4, 0.5) is 5.69 Å². The van der Waals surface area contributed by atoms with E-state index in [2.05, 4.69) is 5.32 Å². The number of carbonyl (C=O) groups excluding carboxylic acids is 1. The third-order valence-electron chi connectivity index (χ3n) is 3.92. The Bertz CT molecular complexity index is 686. The molecule has 1 aliphatic carbocycles. The van der Waals surface area contributed by atoms with Crippen molar-refractivity contribution in [3.63, 3.8) is 0 Å². The van der Waals surface area contributed by atoms with E-state index in [0.29, 0.717) is 0 Å². The Morgan fingerprint density at radius 3 is 2.14 bits per heavy atom. The minimum atomic E-state index is -1.26. The quantitative estimate of drug-likeness (QED) is 0.778. The van der Waals surface area contributed by atoms with Crippen LogP contribution in [-0.2, 0) is 9.59 Å². The molecule has 0 aromatic heterocycles. The molecule has 3 N–H and O–H groups in total. The van der Waals surface area contributed by atoms with Gasteiger partial charge < -0.3 is 15.5 Å². The maximum absolute atomic E-state index is 12.2. The lowest BCUT2D eigenvalue weighted by Crippen LogP contribution is -2.18. The van der Waals surface area contributed by atoms with Gasteiger partial charge in [-0.25, -0.2) is 4.79 Å². The van der Waals surface area contributed by atoms with Crippen molar-refractivity contribution in [2.24, 2.45) is 17.3 Å². The first-order chi connectivity index (χ1) is 10.1. The average Bonchev–Trinajstić information content (AvgIpc) is 2.95. The lowest BCUT2D eigenvalue weighted by molar-refractivity contribution is -0.140. The number of carboxylic acids is 2. The molecular formula is C14H13Cl2NO5. The monoisotopic (exact) mass is 345 g/mol. The molecule has 1 aliphatic rings.